The Labute approximate surface area is 77.6 Å². The van der Waals surface area contributed by atoms with Crippen LogP contribution in [0.2, 0.25) is 0 Å². The van der Waals surface area contributed by atoms with Crippen molar-refractivity contribution in [1.82, 2.24) is 0 Å². The molecular weight excluding hydrogens is 160 g/mol. The Morgan fingerprint density at radius 2 is 2.15 bits per heavy atom. The summed E-state index contributed by atoms with van der Waals surface area (Å²) in [6, 6.07) is 10.1. The Morgan fingerprint density at radius 1 is 1.31 bits per heavy atom. The third-order valence-electron chi connectivity index (χ3n) is 2.24. The van der Waals surface area contributed by atoms with E-state index < -0.39 is 0 Å². The number of aromatic nitrogens is 1. The maximum Gasteiger partial charge on any atom is 0.212 e. The molecule has 0 saturated heterocycles. The molecule has 2 heteroatoms. The van der Waals surface area contributed by atoms with Gasteiger partial charge in [0.25, 0.3) is 0 Å². The van der Waals surface area contributed by atoms with Gasteiger partial charge in [-0.1, -0.05) is 0 Å². The molecule has 2 nitrogen and oxygen atoms in total. The largest absolute Gasteiger partial charge is 0.399 e. The summed E-state index contributed by atoms with van der Waals surface area (Å²) in [6.45, 7) is 3.12. The third-order valence-corrected chi connectivity index (χ3v) is 2.24. The van der Waals surface area contributed by atoms with Gasteiger partial charge in [-0.05, 0) is 25.1 Å². The Morgan fingerprint density at radius 3 is 2.92 bits per heavy atom. The van der Waals surface area contributed by atoms with Crippen LogP contribution in [0.5, 0.6) is 0 Å². The van der Waals surface area contributed by atoms with Crippen LogP contribution in [0.4, 0.5) is 5.69 Å². The molecule has 2 aromatic rings. The van der Waals surface area contributed by atoms with Gasteiger partial charge in [-0.3, -0.25) is 0 Å². The summed E-state index contributed by atoms with van der Waals surface area (Å²) in [6.07, 6.45) is 2.08. The molecule has 2 N–H and O–H groups in total. The molecule has 0 spiro atoms. The van der Waals surface area contributed by atoms with E-state index in [0.717, 1.165) is 12.2 Å². The zero-order chi connectivity index (χ0) is 9.26. The lowest BCUT2D eigenvalue weighted by Gasteiger charge is -1.98. The van der Waals surface area contributed by atoms with E-state index in [1.807, 2.05) is 18.2 Å². The predicted molar refractivity (Wildman–Crippen MR) is 54.2 cm³/mol. The molecule has 0 radical (unpaired) electrons. The van der Waals surface area contributed by atoms with Crippen LogP contribution >= 0.6 is 0 Å². The van der Waals surface area contributed by atoms with E-state index in [-0.39, 0.29) is 0 Å². The van der Waals surface area contributed by atoms with Crippen LogP contribution in [0.15, 0.2) is 36.5 Å². The molecule has 1 heterocycles. The standard InChI is InChI=1S/C11H13N2/c1-2-13-7-3-4-9-8-10(12)5-6-11(9)13/h3-8H,2,12H2,1H3/q+1. The lowest BCUT2D eigenvalue weighted by atomic mass is 10.2. The molecule has 0 bridgehead atoms. The van der Waals surface area contributed by atoms with Gasteiger partial charge in [0.2, 0.25) is 5.52 Å². The van der Waals surface area contributed by atoms with E-state index in [9.17, 15) is 0 Å². The van der Waals surface area contributed by atoms with Crippen molar-refractivity contribution in [2.24, 2.45) is 0 Å². The number of hydrogen-bond acceptors (Lipinski definition) is 1. The number of nitrogens with two attached hydrogens (primary N) is 1. The van der Waals surface area contributed by atoms with Crippen molar-refractivity contribution in [3.05, 3.63) is 36.5 Å². The van der Waals surface area contributed by atoms with Gasteiger partial charge in [0, 0.05) is 23.2 Å². The monoisotopic (exact) mass is 173 g/mol. The van der Waals surface area contributed by atoms with E-state index in [1.54, 1.807) is 0 Å². The number of anilines is 1. The molecule has 0 amide bonds. The molecule has 0 saturated carbocycles. The number of nitrogen functional groups attached to an aromatic ring is 1. The minimum Gasteiger partial charge on any atom is -0.399 e. The lowest BCUT2D eigenvalue weighted by Crippen LogP contribution is -2.32. The van der Waals surface area contributed by atoms with Crippen molar-refractivity contribution in [2.75, 3.05) is 5.73 Å². The summed E-state index contributed by atoms with van der Waals surface area (Å²) >= 11 is 0. The summed E-state index contributed by atoms with van der Waals surface area (Å²) in [4.78, 5) is 0. The summed E-state index contributed by atoms with van der Waals surface area (Å²) < 4.78 is 2.20. The number of aryl methyl sites for hydroxylation is 1. The van der Waals surface area contributed by atoms with Gasteiger partial charge in [-0.15, -0.1) is 0 Å². The van der Waals surface area contributed by atoms with Crippen LogP contribution < -0.4 is 10.3 Å². The number of hydrogen-bond donors (Lipinski definition) is 1. The molecular formula is C11H13N2+. The average molecular weight is 173 g/mol. The SMILES string of the molecule is CC[n+]1cccc2cc(N)ccc21. The van der Waals surface area contributed by atoms with E-state index in [2.05, 4.69) is 29.8 Å². The van der Waals surface area contributed by atoms with E-state index in [4.69, 9.17) is 5.73 Å². The summed E-state index contributed by atoms with van der Waals surface area (Å²) in [7, 11) is 0. The van der Waals surface area contributed by atoms with Crippen LogP contribution in [-0.2, 0) is 6.54 Å². The molecule has 0 aliphatic heterocycles. The molecule has 0 aliphatic rings. The van der Waals surface area contributed by atoms with E-state index in [1.165, 1.54) is 10.9 Å². The zero-order valence-corrected chi connectivity index (χ0v) is 7.70. The van der Waals surface area contributed by atoms with Crippen molar-refractivity contribution in [2.45, 2.75) is 13.5 Å². The second-order valence-electron chi connectivity index (χ2n) is 3.11. The van der Waals surface area contributed by atoms with Crippen molar-refractivity contribution in [3.63, 3.8) is 0 Å². The first-order valence-electron chi connectivity index (χ1n) is 4.49. The summed E-state index contributed by atoms with van der Waals surface area (Å²) in [5.41, 5.74) is 7.76. The Hall–Kier alpha value is -1.57. The van der Waals surface area contributed by atoms with Gasteiger partial charge in [-0.2, -0.15) is 4.57 Å². The van der Waals surface area contributed by atoms with Crippen LogP contribution in [0.1, 0.15) is 6.92 Å². The molecule has 2 rings (SSSR count). The first-order valence-corrected chi connectivity index (χ1v) is 4.49. The van der Waals surface area contributed by atoms with Gasteiger partial charge in [-0.25, -0.2) is 0 Å². The molecule has 0 aliphatic carbocycles. The molecule has 0 atom stereocenters. The summed E-state index contributed by atoms with van der Waals surface area (Å²) in [5, 5.41) is 1.20. The van der Waals surface area contributed by atoms with E-state index in [0.29, 0.717) is 0 Å². The molecule has 0 unspecified atom stereocenters. The number of fused-ring (bicyclic) bond motifs is 1. The van der Waals surface area contributed by atoms with Crippen LogP contribution in [0.3, 0.4) is 0 Å². The second-order valence-corrected chi connectivity index (χ2v) is 3.11. The molecule has 0 fully saturated rings. The normalized spacial score (nSPS) is 10.5. The van der Waals surface area contributed by atoms with Crippen molar-refractivity contribution >= 4 is 16.6 Å². The number of benzene rings is 1. The Kier molecular flexibility index (Phi) is 1.89. The first-order chi connectivity index (χ1) is 6.31. The smallest absolute Gasteiger partial charge is 0.212 e. The number of pyridine rings is 1. The Bertz CT molecular complexity index is 435. The molecule has 66 valence electrons. The third kappa shape index (κ3) is 1.35. The fourth-order valence-electron chi connectivity index (χ4n) is 1.57. The van der Waals surface area contributed by atoms with E-state index >= 15 is 0 Å². The van der Waals surface area contributed by atoms with Crippen LogP contribution in [0, 0.1) is 0 Å². The van der Waals surface area contributed by atoms with Gasteiger partial charge < -0.3 is 5.73 Å². The minimum atomic E-state index is 0.821. The molecule has 13 heavy (non-hydrogen) atoms. The number of nitrogens with zero attached hydrogens (tertiary/aromatic N) is 1. The van der Waals surface area contributed by atoms with Crippen molar-refractivity contribution in [1.29, 1.82) is 0 Å². The van der Waals surface area contributed by atoms with Crippen LogP contribution in [0.25, 0.3) is 10.9 Å². The van der Waals surface area contributed by atoms with Gasteiger partial charge >= 0.3 is 0 Å². The van der Waals surface area contributed by atoms with Crippen molar-refractivity contribution < 1.29 is 4.57 Å². The average Bonchev–Trinajstić information content (AvgIpc) is 2.16. The topological polar surface area (TPSA) is 29.9 Å². The quantitative estimate of drug-likeness (QED) is 0.516. The highest BCUT2D eigenvalue weighted by molar-refractivity contribution is 5.79. The highest BCUT2D eigenvalue weighted by atomic mass is 14.9. The maximum absolute atomic E-state index is 5.71. The lowest BCUT2D eigenvalue weighted by molar-refractivity contribution is -0.667. The predicted octanol–water partition coefficient (Wildman–Crippen LogP) is 1.73. The van der Waals surface area contributed by atoms with Gasteiger partial charge in [0.15, 0.2) is 6.20 Å². The highest BCUT2D eigenvalue weighted by Gasteiger charge is 2.04. The minimum absolute atomic E-state index is 0.821. The molecule has 1 aromatic carbocycles. The van der Waals surface area contributed by atoms with Crippen LogP contribution in [-0.4, -0.2) is 0 Å². The second kappa shape index (κ2) is 3.05. The summed E-state index contributed by atoms with van der Waals surface area (Å²) in [5.74, 6) is 0. The highest BCUT2D eigenvalue weighted by Crippen LogP contribution is 2.13. The first kappa shape index (κ1) is 8.05. The number of rotatable bonds is 1. The van der Waals surface area contributed by atoms with Gasteiger partial charge in [0.05, 0.1) is 0 Å². The zero-order valence-electron chi connectivity index (χ0n) is 7.70. The van der Waals surface area contributed by atoms with Crippen molar-refractivity contribution in [3.8, 4) is 0 Å². The van der Waals surface area contributed by atoms with Gasteiger partial charge in [0.1, 0.15) is 6.54 Å². The maximum atomic E-state index is 5.71. The molecule has 1 aromatic heterocycles. The fraction of sp³-hybridized carbons (Fsp3) is 0.182. The fourth-order valence-corrected chi connectivity index (χ4v) is 1.57. The Balaban J connectivity index is 2.77.